The molecule has 0 bridgehead atoms. The summed E-state index contributed by atoms with van der Waals surface area (Å²) in [7, 11) is 1.93. The van der Waals surface area contributed by atoms with Crippen molar-refractivity contribution in [1.29, 1.82) is 0 Å². The molecule has 1 aliphatic carbocycles. The van der Waals surface area contributed by atoms with E-state index in [1.807, 2.05) is 7.05 Å². The maximum Gasteiger partial charge on any atom is 0.270 e. The topological polar surface area (TPSA) is 94.1 Å². The second-order valence-corrected chi connectivity index (χ2v) is 5.26. The number of likely N-dealkylation sites (N-methyl/N-ethyl adjacent to an activating group) is 1. The third kappa shape index (κ3) is 3.08. The predicted molar refractivity (Wildman–Crippen MR) is 75.7 cm³/mol. The Balaban J connectivity index is 1.77. The average molecular weight is 288 g/mol. The molecule has 1 aromatic carbocycles. The molecule has 1 N–H and O–H groups in total. The van der Waals surface area contributed by atoms with Gasteiger partial charge in [0.15, 0.2) is 0 Å². The van der Waals surface area contributed by atoms with Crippen molar-refractivity contribution in [2.75, 3.05) is 7.05 Å². The Morgan fingerprint density at radius 1 is 1.52 bits per heavy atom. The van der Waals surface area contributed by atoms with Crippen LogP contribution in [-0.2, 0) is 6.42 Å². The lowest BCUT2D eigenvalue weighted by molar-refractivity contribution is -0.384. The molecule has 0 saturated heterocycles. The molecule has 21 heavy (non-hydrogen) atoms. The number of non-ortho nitro benzene ring substituents is 1. The Labute approximate surface area is 121 Å². The zero-order valence-corrected chi connectivity index (χ0v) is 11.7. The summed E-state index contributed by atoms with van der Waals surface area (Å²) in [5, 5.41) is 18.0. The Morgan fingerprint density at radius 3 is 3.00 bits per heavy atom. The number of hydrogen-bond donors (Lipinski definition) is 1. The molecular weight excluding hydrogens is 272 g/mol. The molecule has 7 nitrogen and oxygen atoms in total. The van der Waals surface area contributed by atoms with Crippen LogP contribution < -0.4 is 5.32 Å². The van der Waals surface area contributed by atoms with E-state index in [2.05, 4.69) is 15.5 Å². The van der Waals surface area contributed by atoms with Gasteiger partial charge in [-0.25, -0.2) is 0 Å². The lowest BCUT2D eigenvalue weighted by Crippen LogP contribution is -2.29. The molecule has 0 aliphatic heterocycles. The van der Waals surface area contributed by atoms with Crippen molar-refractivity contribution < 1.29 is 9.45 Å². The Morgan fingerprint density at radius 2 is 2.33 bits per heavy atom. The van der Waals surface area contributed by atoms with Crippen molar-refractivity contribution >= 4 is 5.69 Å². The maximum atomic E-state index is 10.8. The van der Waals surface area contributed by atoms with Gasteiger partial charge in [-0.2, -0.15) is 4.98 Å². The monoisotopic (exact) mass is 288 g/mol. The van der Waals surface area contributed by atoms with Crippen LogP contribution in [0.15, 0.2) is 28.8 Å². The SMILES string of the molecule is CNC(Cc1nc(-c2cccc([N+](=O)[O-])c2)no1)C1CC1. The number of nitrogens with zero attached hydrogens (tertiary/aromatic N) is 3. The van der Waals surface area contributed by atoms with E-state index in [1.165, 1.54) is 25.0 Å². The summed E-state index contributed by atoms with van der Waals surface area (Å²) in [6.07, 6.45) is 3.15. The Hall–Kier alpha value is -2.28. The van der Waals surface area contributed by atoms with Crippen LogP contribution >= 0.6 is 0 Å². The van der Waals surface area contributed by atoms with Crippen molar-refractivity contribution in [2.24, 2.45) is 5.92 Å². The molecule has 1 saturated carbocycles. The minimum Gasteiger partial charge on any atom is -0.339 e. The van der Waals surface area contributed by atoms with Crippen LogP contribution in [-0.4, -0.2) is 28.2 Å². The summed E-state index contributed by atoms with van der Waals surface area (Å²) in [4.78, 5) is 14.7. The third-order valence-electron chi connectivity index (χ3n) is 3.74. The first-order valence-electron chi connectivity index (χ1n) is 6.92. The summed E-state index contributed by atoms with van der Waals surface area (Å²) >= 11 is 0. The maximum absolute atomic E-state index is 10.8. The number of rotatable bonds is 6. The summed E-state index contributed by atoms with van der Waals surface area (Å²) in [6, 6.07) is 6.59. The van der Waals surface area contributed by atoms with Crippen LogP contribution in [0.2, 0.25) is 0 Å². The largest absolute Gasteiger partial charge is 0.339 e. The molecule has 1 unspecified atom stereocenters. The molecule has 1 heterocycles. The van der Waals surface area contributed by atoms with E-state index in [1.54, 1.807) is 12.1 Å². The molecule has 0 spiro atoms. The fourth-order valence-corrected chi connectivity index (χ4v) is 2.40. The van der Waals surface area contributed by atoms with Crippen LogP contribution in [0.1, 0.15) is 18.7 Å². The molecule has 110 valence electrons. The smallest absolute Gasteiger partial charge is 0.270 e. The van der Waals surface area contributed by atoms with E-state index in [-0.39, 0.29) is 5.69 Å². The number of hydrogen-bond acceptors (Lipinski definition) is 6. The molecular formula is C14H16N4O3. The van der Waals surface area contributed by atoms with Gasteiger partial charge in [-0.1, -0.05) is 17.3 Å². The first kappa shape index (κ1) is 13.7. The highest BCUT2D eigenvalue weighted by atomic mass is 16.6. The number of nitro benzene ring substituents is 1. The van der Waals surface area contributed by atoms with Crippen molar-refractivity contribution in [3.63, 3.8) is 0 Å². The third-order valence-corrected chi connectivity index (χ3v) is 3.74. The summed E-state index contributed by atoms with van der Waals surface area (Å²) in [5.41, 5.74) is 0.608. The summed E-state index contributed by atoms with van der Waals surface area (Å²) in [5.74, 6) is 1.63. The quantitative estimate of drug-likeness (QED) is 0.646. The molecule has 7 heteroatoms. The van der Waals surface area contributed by atoms with E-state index in [4.69, 9.17) is 4.52 Å². The summed E-state index contributed by atoms with van der Waals surface area (Å²) < 4.78 is 5.26. The van der Waals surface area contributed by atoms with Crippen molar-refractivity contribution in [2.45, 2.75) is 25.3 Å². The van der Waals surface area contributed by atoms with E-state index in [0.717, 1.165) is 0 Å². The number of nitro groups is 1. The fourth-order valence-electron chi connectivity index (χ4n) is 2.40. The predicted octanol–water partition coefficient (Wildman–Crippen LogP) is 2.19. The Kier molecular flexibility index (Phi) is 3.66. The first-order valence-corrected chi connectivity index (χ1v) is 6.92. The van der Waals surface area contributed by atoms with Gasteiger partial charge in [0.1, 0.15) is 0 Å². The van der Waals surface area contributed by atoms with Gasteiger partial charge in [-0.3, -0.25) is 10.1 Å². The van der Waals surface area contributed by atoms with Gasteiger partial charge in [0.05, 0.1) is 4.92 Å². The normalized spacial score (nSPS) is 15.9. The van der Waals surface area contributed by atoms with Crippen LogP contribution in [0.25, 0.3) is 11.4 Å². The van der Waals surface area contributed by atoms with Gasteiger partial charge in [0.25, 0.3) is 5.69 Å². The van der Waals surface area contributed by atoms with Crippen LogP contribution in [0.5, 0.6) is 0 Å². The van der Waals surface area contributed by atoms with Gasteiger partial charge >= 0.3 is 0 Å². The molecule has 0 amide bonds. The second-order valence-electron chi connectivity index (χ2n) is 5.26. The molecule has 0 radical (unpaired) electrons. The van der Waals surface area contributed by atoms with Crippen LogP contribution in [0.3, 0.4) is 0 Å². The highest BCUT2D eigenvalue weighted by Crippen LogP contribution is 2.34. The van der Waals surface area contributed by atoms with Gasteiger partial charge < -0.3 is 9.84 Å². The number of nitrogens with one attached hydrogen (secondary N) is 1. The van der Waals surface area contributed by atoms with E-state index in [9.17, 15) is 10.1 Å². The van der Waals surface area contributed by atoms with E-state index >= 15 is 0 Å². The van der Waals surface area contributed by atoms with Gasteiger partial charge in [-0.05, 0) is 25.8 Å². The zero-order chi connectivity index (χ0) is 14.8. The second kappa shape index (κ2) is 5.61. The molecule has 1 aromatic heterocycles. The highest BCUT2D eigenvalue weighted by Gasteiger charge is 2.31. The first-order chi connectivity index (χ1) is 10.2. The van der Waals surface area contributed by atoms with Crippen molar-refractivity contribution in [3.05, 3.63) is 40.3 Å². The minimum atomic E-state index is -0.436. The molecule has 2 aromatic rings. The van der Waals surface area contributed by atoms with E-state index < -0.39 is 4.92 Å². The van der Waals surface area contributed by atoms with Crippen LogP contribution in [0.4, 0.5) is 5.69 Å². The molecule has 1 aliphatic rings. The fraction of sp³-hybridized carbons (Fsp3) is 0.429. The Bertz CT molecular complexity index is 651. The van der Waals surface area contributed by atoms with Crippen molar-refractivity contribution in [3.8, 4) is 11.4 Å². The minimum absolute atomic E-state index is 0.0185. The molecule has 1 fully saturated rings. The standard InChI is InChI=1S/C14H16N4O3/c1-15-12(9-5-6-9)8-13-16-14(17-21-13)10-3-2-4-11(7-10)18(19)20/h2-4,7,9,12,15H,5-6,8H2,1H3. The number of benzene rings is 1. The van der Waals surface area contributed by atoms with Crippen LogP contribution in [0, 0.1) is 16.0 Å². The van der Waals surface area contributed by atoms with Gasteiger partial charge in [0.2, 0.25) is 11.7 Å². The number of aromatic nitrogens is 2. The lowest BCUT2D eigenvalue weighted by Gasteiger charge is -2.11. The molecule has 1 atom stereocenters. The zero-order valence-electron chi connectivity index (χ0n) is 11.7. The molecule has 3 rings (SSSR count). The van der Waals surface area contributed by atoms with Crippen molar-refractivity contribution in [1.82, 2.24) is 15.5 Å². The lowest BCUT2D eigenvalue weighted by atomic mass is 10.1. The average Bonchev–Trinajstić information content (AvgIpc) is 3.23. The van der Waals surface area contributed by atoms with Gasteiger partial charge in [-0.15, -0.1) is 0 Å². The summed E-state index contributed by atoms with van der Waals surface area (Å²) in [6.45, 7) is 0. The highest BCUT2D eigenvalue weighted by molar-refractivity contribution is 5.58. The van der Waals surface area contributed by atoms with E-state index in [0.29, 0.717) is 35.7 Å². The van der Waals surface area contributed by atoms with Gasteiger partial charge in [0, 0.05) is 30.2 Å².